The van der Waals surface area contributed by atoms with E-state index in [2.05, 4.69) is 24.4 Å². The fourth-order valence-electron chi connectivity index (χ4n) is 2.01. The molecule has 1 atom stereocenters. The van der Waals surface area contributed by atoms with Crippen molar-refractivity contribution >= 4 is 5.91 Å². The van der Waals surface area contributed by atoms with Crippen LogP contribution in [-0.2, 0) is 6.42 Å². The van der Waals surface area contributed by atoms with Crippen LogP contribution in [0.25, 0.3) is 0 Å². The molecule has 2 aromatic rings. The van der Waals surface area contributed by atoms with Crippen LogP contribution in [0.1, 0.15) is 41.4 Å². The Hall–Kier alpha value is -2.16. The number of hydrogen-bond donors (Lipinski definition) is 1. The molecule has 2 nitrogen and oxygen atoms in total. The minimum atomic E-state index is -0.343. The molecular formula is C17H18FNO. The number of aryl methyl sites for hydroxylation is 1. The number of amides is 1. The quantitative estimate of drug-likeness (QED) is 0.898. The maximum absolute atomic E-state index is 12.8. The summed E-state index contributed by atoms with van der Waals surface area (Å²) in [6.45, 7) is 4.04. The highest BCUT2D eigenvalue weighted by molar-refractivity contribution is 5.94. The second kappa shape index (κ2) is 6.33. The summed E-state index contributed by atoms with van der Waals surface area (Å²) in [7, 11) is 0. The molecule has 0 spiro atoms. The van der Waals surface area contributed by atoms with E-state index in [1.807, 2.05) is 19.1 Å². The molecule has 0 fully saturated rings. The zero-order valence-corrected chi connectivity index (χ0v) is 11.7. The lowest BCUT2D eigenvalue weighted by Crippen LogP contribution is -2.26. The van der Waals surface area contributed by atoms with Gasteiger partial charge >= 0.3 is 0 Å². The summed E-state index contributed by atoms with van der Waals surface area (Å²) < 4.78 is 12.8. The van der Waals surface area contributed by atoms with Crippen molar-refractivity contribution in [1.29, 1.82) is 0 Å². The van der Waals surface area contributed by atoms with Crippen LogP contribution >= 0.6 is 0 Å². The lowest BCUT2D eigenvalue weighted by Gasteiger charge is -2.15. The predicted octanol–water partition coefficient (Wildman–Crippen LogP) is 3.88. The first kappa shape index (κ1) is 14.3. The Labute approximate surface area is 118 Å². The third-order valence-electron chi connectivity index (χ3n) is 3.34. The number of rotatable bonds is 4. The van der Waals surface area contributed by atoms with Gasteiger partial charge in [-0.15, -0.1) is 0 Å². The SMILES string of the molecule is CCc1ccc([C@H](C)NC(=O)c2ccc(F)cc2)cc1. The molecule has 0 saturated carbocycles. The molecule has 2 rings (SSSR count). The van der Waals surface area contributed by atoms with E-state index in [0.717, 1.165) is 12.0 Å². The van der Waals surface area contributed by atoms with Crippen LogP contribution in [0.2, 0.25) is 0 Å². The van der Waals surface area contributed by atoms with Gasteiger partial charge in [0.05, 0.1) is 6.04 Å². The van der Waals surface area contributed by atoms with Crippen molar-refractivity contribution in [3.63, 3.8) is 0 Å². The smallest absolute Gasteiger partial charge is 0.251 e. The van der Waals surface area contributed by atoms with Gasteiger partial charge in [0.1, 0.15) is 5.82 Å². The molecule has 2 aromatic carbocycles. The normalized spacial score (nSPS) is 11.9. The van der Waals surface area contributed by atoms with Crippen molar-refractivity contribution in [2.24, 2.45) is 0 Å². The van der Waals surface area contributed by atoms with Crippen molar-refractivity contribution < 1.29 is 9.18 Å². The van der Waals surface area contributed by atoms with E-state index >= 15 is 0 Å². The molecule has 0 radical (unpaired) electrons. The fourth-order valence-corrected chi connectivity index (χ4v) is 2.01. The summed E-state index contributed by atoms with van der Waals surface area (Å²) in [5.74, 6) is -0.540. The third-order valence-corrected chi connectivity index (χ3v) is 3.34. The van der Waals surface area contributed by atoms with Gasteiger partial charge in [0.15, 0.2) is 0 Å². The Morgan fingerprint density at radius 1 is 1.10 bits per heavy atom. The monoisotopic (exact) mass is 271 g/mol. The fraction of sp³-hybridized carbons (Fsp3) is 0.235. The van der Waals surface area contributed by atoms with Crippen molar-refractivity contribution in [1.82, 2.24) is 5.32 Å². The van der Waals surface area contributed by atoms with Gasteiger partial charge in [0.25, 0.3) is 5.91 Å². The first-order valence-corrected chi connectivity index (χ1v) is 6.75. The van der Waals surface area contributed by atoms with Crippen LogP contribution in [-0.4, -0.2) is 5.91 Å². The minimum Gasteiger partial charge on any atom is -0.346 e. The molecule has 0 aliphatic heterocycles. The first-order chi connectivity index (χ1) is 9.60. The molecule has 1 N–H and O–H groups in total. The van der Waals surface area contributed by atoms with E-state index in [0.29, 0.717) is 5.56 Å². The van der Waals surface area contributed by atoms with E-state index in [-0.39, 0.29) is 17.8 Å². The molecule has 104 valence electrons. The number of hydrogen-bond acceptors (Lipinski definition) is 1. The van der Waals surface area contributed by atoms with Gasteiger partial charge in [-0.2, -0.15) is 0 Å². The average Bonchev–Trinajstić information content (AvgIpc) is 2.48. The second-order valence-corrected chi connectivity index (χ2v) is 4.80. The molecular weight excluding hydrogens is 253 g/mol. The average molecular weight is 271 g/mol. The first-order valence-electron chi connectivity index (χ1n) is 6.75. The Bertz CT molecular complexity index is 575. The van der Waals surface area contributed by atoms with E-state index in [9.17, 15) is 9.18 Å². The van der Waals surface area contributed by atoms with Crippen LogP contribution < -0.4 is 5.32 Å². The summed E-state index contributed by atoms with van der Waals surface area (Å²) >= 11 is 0. The van der Waals surface area contributed by atoms with Gasteiger partial charge in [0.2, 0.25) is 0 Å². The maximum atomic E-state index is 12.8. The zero-order chi connectivity index (χ0) is 14.5. The van der Waals surface area contributed by atoms with Crippen LogP contribution in [0.15, 0.2) is 48.5 Å². The summed E-state index contributed by atoms with van der Waals surface area (Å²) in [6, 6.07) is 13.6. The highest BCUT2D eigenvalue weighted by Crippen LogP contribution is 2.14. The van der Waals surface area contributed by atoms with E-state index in [1.165, 1.54) is 29.8 Å². The molecule has 0 aliphatic rings. The van der Waals surface area contributed by atoms with Crippen LogP contribution in [0.3, 0.4) is 0 Å². The Kier molecular flexibility index (Phi) is 4.51. The number of carbonyl (C=O) groups is 1. The van der Waals surface area contributed by atoms with Gasteiger partial charge in [-0.05, 0) is 48.7 Å². The summed E-state index contributed by atoms with van der Waals surface area (Å²) in [6.07, 6.45) is 0.997. The number of benzene rings is 2. The molecule has 20 heavy (non-hydrogen) atoms. The Morgan fingerprint density at radius 3 is 2.25 bits per heavy atom. The number of nitrogens with one attached hydrogen (secondary N) is 1. The summed E-state index contributed by atoms with van der Waals surface area (Å²) in [5.41, 5.74) is 2.78. The van der Waals surface area contributed by atoms with Crippen molar-refractivity contribution in [2.75, 3.05) is 0 Å². The van der Waals surface area contributed by atoms with Crippen LogP contribution in [0.4, 0.5) is 4.39 Å². The molecule has 0 unspecified atom stereocenters. The molecule has 0 saturated heterocycles. The van der Waals surface area contributed by atoms with Crippen LogP contribution in [0.5, 0.6) is 0 Å². The van der Waals surface area contributed by atoms with Gasteiger partial charge in [0, 0.05) is 5.56 Å². The highest BCUT2D eigenvalue weighted by Gasteiger charge is 2.11. The zero-order valence-electron chi connectivity index (χ0n) is 11.7. The minimum absolute atomic E-state index is 0.0848. The maximum Gasteiger partial charge on any atom is 0.251 e. The van der Waals surface area contributed by atoms with Crippen molar-refractivity contribution in [3.05, 3.63) is 71.0 Å². The lowest BCUT2D eigenvalue weighted by molar-refractivity contribution is 0.0940. The van der Waals surface area contributed by atoms with Crippen LogP contribution in [0, 0.1) is 5.82 Å². The van der Waals surface area contributed by atoms with Gasteiger partial charge < -0.3 is 5.32 Å². The molecule has 0 bridgehead atoms. The number of carbonyl (C=O) groups excluding carboxylic acids is 1. The molecule has 0 aliphatic carbocycles. The molecule has 0 heterocycles. The topological polar surface area (TPSA) is 29.1 Å². The molecule has 1 amide bonds. The van der Waals surface area contributed by atoms with Gasteiger partial charge in [-0.3, -0.25) is 4.79 Å². The Balaban J connectivity index is 2.04. The predicted molar refractivity (Wildman–Crippen MR) is 78.1 cm³/mol. The third kappa shape index (κ3) is 3.44. The second-order valence-electron chi connectivity index (χ2n) is 4.80. The standard InChI is InChI=1S/C17H18FNO/c1-3-13-4-6-14(7-5-13)12(2)19-17(20)15-8-10-16(18)11-9-15/h4-12H,3H2,1-2H3,(H,19,20)/t12-/m0/s1. The van der Waals surface area contributed by atoms with E-state index in [4.69, 9.17) is 0 Å². The van der Waals surface area contributed by atoms with Gasteiger partial charge in [-0.1, -0.05) is 31.2 Å². The largest absolute Gasteiger partial charge is 0.346 e. The van der Waals surface area contributed by atoms with Crippen molar-refractivity contribution in [3.8, 4) is 0 Å². The molecule has 3 heteroatoms. The van der Waals surface area contributed by atoms with E-state index < -0.39 is 0 Å². The summed E-state index contributed by atoms with van der Waals surface area (Å²) in [4.78, 5) is 12.0. The highest BCUT2D eigenvalue weighted by atomic mass is 19.1. The number of halogens is 1. The summed E-state index contributed by atoms with van der Waals surface area (Å²) in [5, 5.41) is 2.91. The Morgan fingerprint density at radius 2 is 1.70 bits per heavy atom. The van der Waals surface area contributed by atoms with E-state index in [1.54, 1.807) is 0 Å². The van der Waals surface area contributed by atoms with Crippen molar-refractivity contribution in [2.45, 2.75) is 26.3 Å². The lowest BCUT2D eigenvalue weighted by atomic mass is 10.0. The van der Waals surface area contributed by atoms with Gasteiger partial charge in [-0.25, -0.2) is 4.39 Å². The molecule has 0 aromatic heterocycles.